The van der Waals surface area contributed by atoms with Crippen LogP contribution in [0.2, 0.25) is 0 Å². The van der Waals surface area contributed by atoms with Crippen LogP contribution in [0.4, 0.5) is 0 Å². The second-order valence-electron chi connectivity index (χ2n) is 7.09. The monoisotopic (exact) mass is 381 g/mol. The van der Waals surface area contributed by atoms with Crippen LogP contribution in [0.15, 0.2) is 9.95 Å². The Labute approximate surface area is 157 Å². The normalized spacial score (nSPS) is 13.0. The third-order valence-electron chi connectivity index (χ3n) is 3.88. The molecule has 1 N–H and O–H groups in total. The Balaban J connectivity index is 2.50. The summed E-state index contributed by atoms with van der Waals surface area (Å²) >= 11 is 2.90. The first-order chi connectivity index (χ1) is 11.6. The van der Waals surface area contributed by atoms with Crippen LogP contribution in [0, 0.1) is 19.8 Å². The summed E-state index contributed by atoms with van der Waals surface area (Å²) in [4.78, 5) is 31.9. The highest BCUT2D eigenvalue weighted by Crippen LogP contribution is 2.30. The number of aryl methyl sites for hydroxylation is 2. The zero-order chi connectivity index (χ0) is 18.9. The fourth-order valence-corrected chi connectivity index (χ4v) is 4.54. The number of thiophene rings is 1. The Morgan fingerprint density at radius 2 is 1.88 bits per heavy atom. The molecular weight excluding hydrogens is 354 g/mol. The fourth-order valence-electron chi connectivity index (χ4n) is 2.54. The molecule has 0 aliphatic rings. The smallest absolute Gasteiger partial charge is 0.263 e. The van der Waals surface area contributed by atoms with Crippen molar-refractivity contribution < 1.29 is 4.79 Å². The second-order valence-corrected chi connectivity index (χ2v) is 9.60. The van der Waals surface area contributed by atoms with Crippen LogP contribution in [-0.4, -0.2) is 26.8 Å². The quantitative estimate of drug-likeness (QED) is 0.612. The van der Waals surface area contributed by atoms with Gasteiger partial charge in [0.05, 0.1) is 10.6 Å². The Morgan fingerprint density at radius 1 is 1.24 bits per heavy atom. The first-order valence-corrected chi connectivity index (χ1v) is 10.3. The van der Waals surface area contributed by atoms with Gasteiger partial charge in [0.25, 0.3) is 5.56 Å². The molecule has 1 amide bonds. The first kappa shape index (κ1) is 20.0. The summed E-state index contributed by atoms with van der Waals surface area (Å²) in [7, 11) is 0. The van der Waals surface area contributed by atoms with E-state index in [0.29, 0.717) is 23.0 Å². The molecule has 0 aliphatic carbocycles. The molecule has 5 nitrogen and oxygen atoms in total. The molecule has 0 aliphatic heterocycles. The number of thioether (sulfide) groups is 1. The van der Waals surface area contributed by atoms with Crippen molar-refractivity contribution in [3.05, 3.63) is 20.8 Å². The lowest BCUT2D eigenvalue weighted by molar-refractivity contribution is -0.120. The van der Waals surface area contributed by atoms with Crippen molar-refractivity contribution in [2.75, 3.05) is 0 Å². The minimum absolute atomic E-state index is 0.000447. The number of nitrogens with one attached hydrogen (secondary N) is 1. The predicted octanol–water partition coefficient (Wildman–Crippen LogP) is 3.74. The largest absolute Gasteiger partial charge is 0.353 e. The maximum absolute atomic E-state index is 13.1. The molecule has 0 saturated heterocycles. The van der Waals surface area contributed by atoms with Crippen molar-refractivity contribution in [1.29, 1.82) is 0 Å². The van der Waals surface area contributed by atoms with Gasteiger partial charge in [-0.05, 0) is 46.1 Å². The Kier molecular flexibility index (Phi) is 6.32. The predicted molar refractivity (Wildman–Crippen MR) is 107 cm³/mol. The van der Waals surface area contributed by atoms with Gasteiger partial charge in [0, 0.05) is 17.5 Å². The van der Waals surface area contributed by atoms with Crippen LogP contribution in [0.5, 0.6) is 0 Å². The van der Waals surface area contributed by atoms with Crippen LogP contribution in [0.1, 0.15) is 45.1 Å². The summed E-state index contributed by atoms with van der Waals surface area (Å²) < 4.78 is 1.73. The zero-order valence-electron chi connectivity index (χ0n) is 16.0. The number of aromatic nitrogens is 2. The van der Waals surface area contributed by atoms with E-state index in [4.69, 9.17) is 4.98 Å². The lowest BCUT2D eigenvalue weighted by Gasteiger charge is -2.18. The van der Waals surface area contributed by atoms with Crippen LogP contribution in [-0.2, 0) is 11.3 Å². The number of hydrogen-bond acceptors (Lipinski definition) is 5. The van der Waals surface area contributed by atoms with E-state index in [1.807, 2.05) is 34.6 Å². The molecule has 25 heavy (non-hydrogen) atoms. The minimum Gasteiger partial charge on any atom is -0.353 e. The molecule has 0 fully saturated rings. The maximum Gasteiger partial charge on any atom is 0.263 e. The highest BCUT2D eigenvalue weighted by molar-refractivity contribution is 8.00. The van der Waals surface area contributed by atoms with Crippen molar-refractivity contribution in [1.82, 2.24) is 14.9 Å². The van der Waals surface area contributed by atoms with Gasteiger partial charge in [-0.3, -0.25) is 14.2 Å². The van der Waals surface area contributed by atoms with E-state index in [2.05, 4.69) is 19.2 Å². The molecule has 0 aromatic carbocycles. The van der Waals surface area contributed by atoms with E-state index in [0.717, 1.165) is 15.3 Å². The molecule has 2 heterocycles. The standard InChI is InChI=1S/C18H27N3O2S2/c1-9(2)8-21-17(23)14-11(5)12(6)24-16(14)20-18(21)25-13(7)15(22)19-10(3)4/h9-10,13H,8H2,1-7H3,(H,19,22)/t13-/m1/s1. The SMILES string of the molecule is Cc1sc2nc(S[C@H](C)C(=O)NC(C)C)n(CC(C)C)c(=O)c2c1C. The van der Waals surface area contributed by atoms with Crippen molar-refractivity contribution in [3.63, 3.8) is 0 Å². The molecule has 0 radical (unpaired) electrons. The van der Waals surface area contributed by atoms with Gasteiger partial charge >= 0.3 is 0 Å². The van der Waals surface area contributed by atoms with Crippen LogP contribution in [0.3, 0.4) is 0 Å². The second kappa shape index (κ2) is 7.91. The molecule has 0 spiro atoms. The lowest BCUT2D eigenvalue weighted by Crippen LogP contribution is -2.36. The highest BCUT2D eigenvalue weighted by Gasteiger charge is 2.22. The highest BCUT2D eigenvalue weighted by atomic mass is 32.2. The number of rotatable bonds is 6. The molecule has 7 heteroatoms. The summed E-state index contributed by atoms with van der Waals surface area (Å²) in [5, 5.41) is 3.94. The first-order valence-electron chi connectivity index (χ1n) is 8.59. The van der Waals surface area contributed by atoms with Crippen molar-refractivity contribution in [3.8, 4) is 0 Å². The van der Waals surface area contributed by atoms with Gasteiger partial charge in [0.2, 0.25) is 5.91 Å². The Bertz CT molecular complexity index is 837. The number of fused-ring (bicyclic) bond motifs is 1. The molecule has 2 rings (SSSR count). The average Bonchev–Trinajstić information content (AvgIpc) is 2.77. The average molecular weight is 382 g/mol. The number of carbonyl (C=O) groups is 1. The van der Waals surface area contributed by atoms with Gasteiger partial charge in [-0.25, -0.2) is 4.98 Å². The van der Waals surface area contributed by atoms with Crippen molar-refractivity contribution in [2.24, 2.45) is 5.92 Å². The lowest BCUT2D eigenvalue weighted by atomic mass is 10.2. The van der Waals surface area contributed by atoms with Crippen LogP contribution < -0.4 is 10.9 Å². The summed E-state index contributed by atoms with van der Waals surface area (Å²) in [6, 6.07) is 0.0893. The molecule has 138 valence electrons. The van der Waals surface area contributed by atoms with E-state index in [1.165, 1.54) is 11.8 Å². The summed E-state index contributed by atoms with van der Waals surface area (Å²) in [6.45, 7) is 14.5. The zero-order valence-corrected chi connectivity index (χ0v) is 17.6. The molecular formula is C18H27N3O2S2. The van der Waals surface area contributed by atoms with Crippen LogP contribution >= 0.6 is 23.1 Å². The maximum atomic E-state index is 13.1. The van der Waals surface area contributed by atoms with E-state index < -0.39 is 0 Å². The third-order valence-corrected chi connectivity index (χ3v) is 6.08. The van der Waals surface area contributed by atoms with E-state index in [-0.39, 0.29) is 22.8 Å². The molecule has 2 aromatic heterocycles. The number of nitrogens with zero attached hydrogens (tertiary/aromatic N) is 2. The minimum atomic E-state index is -0.313. The van der Waals surface area contributed by atoms with E-state index in [9.17, 15) is 9.59 Å². The topological polar surface area (TPSA) is 64.0 Å². The molecule has 0 saturated carbocycles. The summed E-state index contributed by atoms with van der Waals surface area (Å²) in [5.74, 6) is 0.278. The van der Waals surface area contributed by atoms with Gasteiger partial charge in [-0.2, -0.15) is 0 Å². The van der Waals surface area contributed by atoms with Crippen LogP contribution in [0.25, 0.3) is 10.2 Å². The molecule has 1 atom stereocenters. The summed E-state index contributed by atoms with van der Waals surface area (Å²) in [5.41, 5.74) is 1.01. The fraction of sp³-hybridized carbons (Fsp3) is 0.611. The van der Waals surface area contributed by atoms with Gasteiger partial charge in [0.15, 0.2) is 5.16 Å². The van der Waals surface area contributed by atoms with Crippen molar-refractivity contribution >= 4 is 39.2 Å². The number of carbonyl (C=O) groups excluding carboxylic acids is 1. The van der Waals surface area contributed by atoms with Crippen molar-refractivity contribution in [2.45, 2.75) is 71.5 Å². The summed E-state index contributed by atoms with van der Waals surface area (Å²) in [6.07, 6.45) is 0. The van der Waals surface area contributed by atoms with E-state index >= 15 is 0 Å². The Morgan fingerprint density at radius 3 is 2.44 bits per heavy atom. The van der Waals surface area contributed by atoms with Gasteiger partial charge in [0.1, 0.15) is 4.83 Å². The Hall–Kier alpha value is -1.34. The molecule has 0 unspecified atom stereocenters. The van der Waals surface area contributed by atoms with E-state index in [1.54, 1.807) is 15.9 Å². The van der Waals surface area contributed by atoms with Gasteiger partial charge in [-0.15, -0.1) is 11.3 Å². The number of amides is 1. The van der Waals surface area contributed by atoms with Gasteiger partial charge in [-0.1, -0.05) is 25.6 Å². The molecule has 2 aromatic rings. The molecule has 0 bridgehead atoms. The van der Waals surface area contributed by atoms with Gasteiger partial charge < -0.3 is 5.32 Å². The third kappa shape index (κ3) is 4.44. The number of hydrogen-bond donors (Lipinski definition) is 1.